The molecule has 0 saturated heterocycles. The highest BCUT2D eigenvalue weighted by Gasteiger charge is 2.34. The number of aromatic nitrogens is 1. The lowest BCUT2D eigenvalue weighted by Gasteiger charge is -2.08. The maximum Gasteiger partial charge on any atom is 0.122 e. The minimum Gasteiger partial charge on any atom is -0.496 e. The Balaban J connectivity index is 0.00000147. The van der Waals surface area contributed by atoms with Crippen LogP contribution in [0.3, 0.4) is 0 Å². The Morgan fingerprint density at radius 3 is 2.55 bits per heavy atom. The smallest absolute Gasteiger partial charge is 0.122 e. The van der Waals surface area contributed by atoms with E-state index in [1.807, 2.05) is 19.2 Å². The van der Waals surface area contributed by atoms with Gasteiger partial charge in [-0.2, -0.15) is 0 Å². The van der Waals surface area contributed by atoms with Gasteiger partial charge in [0.1, 0.15) is 5.75 Å². The third-order valence-corrected chi connectivity index (χ3v) is 3.76. The number of benzene rings is 1. The van der Waals surface area contributed by atoms with Crippen LogP contribution < -0.4 is 10.5 Å². The number of hydrogen-bond donors (Lipinski definition) is 1. The summed E-state index contributed by atoms with van der Waals surface area (Å²) in [5.74, 6) is 1.40. The monoisotopic (exact) mass is 290 g/mol. The molecule has 0 spiro atoms. The zero-order valence-electron chi connectivity index (χ0n) is 11.7. The summed E-state index contributed by atoms with van der Waals surface area (Å²) in [5, 5.41) is 0. The van der Waals surface area contributed by atoms with Gasteiger partial charge in [0.15, 0.2) is 0 Å². The van der Waals surface area contributed by atoms with Crippen LogP contribution in [0.2, 0.25) is 0 Å². The van der Waals surface area contributed by atoms with Gasteiger partial charge in [-0.25, -0.2) is 0 Å². The molecule has 4 heteroatoms. The van der Waals surface area contributed by atoms with Crippen LogP contribution in [-0.2, 0) is 0 Å². The molecule has 2 N–H and O–H groups in total. The Labute approximate surface area is 125 Å². The molecule has 1 aliphatic rings. The summed E-state index contributed by atoms with van der Waals surface area (Å²) in [6, 6.07) is 10.7. The van der Waals surface area contributed by atoms with Crippen LogP contribution in [0, 0.1) is 6.92 Å². The number of rotatable bonds is 3. The summed E-state index contributed by atoms with van der Waals surface area (Å²) in [4.78, 5) is 4.54. The first kappa shape index (κ1) is 14.8. The molecule has 0 unspecified atom stereocenters. The summed E-state index contributed by atoms with van der Waals surface area (Å²) in [7, 11) is 1.69. The highest BCUT2D eigenvalue weighted by Crippen LogP contribution is 2.39. The second-order valence-electron chi connectivity index (χ2n) is 5.17. The van der Waals surface area contributed by atoms with Crippen molar-refractivity contribution in [2.75, 3.05) is 7.11 Å². The minimum absolute atomic E-state index is 0. The number of aryl methyl sites for hydroxylation is 1. The standard InChI is InChI=1S/C16H18N2O.ClH/c1-10-3-4-11(7-16(10)19-2)15-6-5-12(9-18-15)13-8-14(13)17;/h3-7,9,13-14H,8,17H2,1-2H3;1H/t13-,14+;/m1./s1. The molecule has 0 radical (unpaired) electrons. The maximum absolute atomic E-state index is 5.86. The second kappa shape index (κ2) is 5.81. The molecule has 0 bridgehead atoms. The van der Waals surface area contributed by atoms with Gasteiger partial charge in [-0.15, -0.1) is 12.4 Å². The molecule has 0 amide bonds. The fourth-order valence-electron chi connectivity index (χ4n) is 2.37. The predicted octanol–water partition coefficient (Wildman–Crippen LogP) is 3.30. The molecule has 3 nitrogen and oxygen atoms in total. The first-order chi connectivity index (χ1) is 9.19. The van der Waals surface area contributed by atoms with E-state index in [1.54, 1.807) is 7.11 Å². The average molecular weight is 291 g/mol. The predicted molar refractivity (Wildman–Crippen MR) is 83.5 cm³/mol. The van der Waals surface area contributed by atoms with E-state index in [4.69, 9.17) is 10.5 Å². The van der Waals surface area contributed by atoms with Gasteiger partial charge < -0.3 is 10.5 Å². The van der Waals surface area contributed by atoms with Gasteiger partial charge in [-0.05, 0) is 36.6 Å². The third kappa shape index (κ3) is 2.79. The van der Waals surface area contributed by atoms with Crippen molar-refractivity contribution in [3.8, 4) is 17.0 Å². The number of pyridine rings is 1. The first-order valence-corrected chi connectivity index (χ1v) is 6.55. The third-order valence-electron chi connectivity index (χ3n) is 3.76. The van der Waals surface area contributed by atoms with Gasteiger partial charge in [0.2, 0.25) is 0 Å². The fourth-order valence-corrected chi connectivity index (χ4v) is 2.37. The van der Waals surface area contributed by atoms with E-state index in [-0.39, 0.29) is 12.4 Å². The lowest BCUT2D eigenvalue weighted by atomic mass is 10.1. The summed E-state index contributed by atoms with van der Waals surface area (Å²) in [5.41, 5.74) is 10.3. The number of methoxy groups -OCH3 is 1. The quantitative estimate of drug-likeness (QED) is 0.943. The summed E-state index contributed by atoms with van der Waals surface area (Å²) >= 11 is 0. The van der Waals surface area contributed by atoms with Crippen molar-refractivity contribution in [2.24, 2.45) is 5.73 Å². The van der Waals surface area contributed by atoms with Crippen LogP contribution >= 0.6 is 12.4 Å². The molecule has 2 atom stereocenters. The van der Waals surface area contributed by atoms with Crippen molar-refractivity contribution in [2.45, 2.75) is 25.3 Å². The van der Waals surface area contributed by atoms with Gasteiger partial charge in [-0.1, -0.05) is 18.2 Å². The summed E-state index contributed by atoms with van der Waals surface area (Å²) in [6.45, 7) is 2.04. The normalized spacial score (nSPS) is 20.1. The molecule has 1 aliphatic carbocycles. The molecule has 2 aromatic rings. The van der Waals surface area contributed by atoms with E-state index in [1.165, 1.54) is 5.56 Å². The van der Waals surface area contributed by atoms with Crippen LogP contribution in [-0.4, -0.2) is 18.1 Å². The molecule has 3 rings (SSSR count). The Morgan fingerprint density at radius 1 is 1.25 bits per heavy atom. The van der Waals surface area contributed by atoms with Crippen LogP contribution in [0.15, 0.2) is 36.5 Å². The van der Waals surface area contributed by atoms with Crippen LogP contribution in [0.5, 0.6) is 5.75 Å². The molecule has 0 aliphatic heterocycles. The molecule has 1 saturated carbocycles. The molecule has 1 aromatic carbocycles. The first-order valence-electron chi connectivity index (χ1n) is 6.55. The Hall–Kier alpha value is -1.58. The maximum atomic E-state index is 5.86. The molecular formula is C16H19ClN2O. The second-order valence-corrected chi connectivity index (χ2v) is 5.17. The lowest BCUT2D eigenvalue weighted by Crippen LogP contribution is -2.01. The van der Waals surface area contributed by atoms with Crippen LogP contribution in [0.25, 0.3) is 11.3 Å². The Bertz CT molecular complexity index is 598. The summed E-state index contributed by atoms with van der Waals surface area (Å²) in [6.07, 6.45) is 3.03. The van der Waals surface area contributed by atoms with Crippen molar-refractivity contribution < 1.29 is 4.74 Å². The van der Waals surface area contributed by atoms with Crippen LogP contribution in [0.1, 0.15) is 23.5 Å². The molecule has 1 heterocycles. The highest BCUT2D eigenvalue weighted by molar-refractivity contribution is 5.85. The van der Waals surface area contributed by atoms with Crippen molar-refractivity contribution in [1.29, 1.82) is 0 Å². The molecule has 20 heavy (non-hydrogen) atoms. The van der Waals surface area contributed by atoms with E-state index < -0.39 is 0 Å². The van der Waals surface area contributed by atoms with Gasteiger partial charge in [0, 0.05) is 23.7 Å². The van der Waals surface area contributed by atoms with E-state index in [9.17, 15) is 0 Å². The number of ether oxygens (including phenoxy) is 1. The SMILES string of the molecule is COc1cc(-c2ccc([C@H]3C[C@@H]3N)cn2)ccc1C.Cl. The Morgan fingerprint density at radius 2 is 2.00 bits per heavy atom. The number of nitrogens with zero attached hydrogens (tertiary/aromatic N) is 1. The van der Waals surface area contributed by atoms with Gasteiger partial charge in [0.25, 0.3) is 0 Å². The Kier molecular flexibility index (Phi) is 4.31. The minimum atomic E-state index is 0. The number of halogens is 1. The van der Waals surface area contributed by atoms with Crippen LogP contribution in [0.4, 0.5) is 0 Å². The summed E-state index contributed by atoms with van der Waals surface area (Å²) < 4.78 is 5.35. The van der Waals surface area contributed by atoms with Gasteiger partial charge in [-0.3, -0.25) is 4.98 Å². The van der Waals surface area contributed by atoms with E-state index >= 15 is 0 Å². The molecular weight excluding hydrogens is 272 g/mol. The van der Waals surface area contributed by atoms with Crippen molar-refractivity contribution in [3.63, 3.8) is 0 Å². The zero-order chi connectivity index (χ0) is 13.4. The van der Waals surface area contributed by atoms with Crippen molar-refractivity contribution in [3.05, 3.63) is 47.7 Å². The average Bonchev–Trinajstić information content (AvgIpc) is 3.17. The topological polar surface area (TPSA) is 48.1 Å². The van der Waals surface area contributed by atoms with Crippen molar-refractivity contribution >= 4 is 12.4 Å². The van der Waals surface area contributed by atoms with E-state index in [0.29, 0.717) is 12.0 Å². The van der Waals surface area contributed by atoms with E-state index in [2.05, 4.69) is 29.2 Å². The van der Waals surface area contributed by atoms with Crippen molar-refractivity contribution in [1.82, 2.24) is 4.98 Å². The zero-order valence-corrected chi connectivity index (χ0v) is 12.5. The molecule has 1 aromatic heterocycles. The highest BCUT2D eigenvalue weighted by atomic mass is 35.5. The van der Waals surface area contributed by atoms with Gasteiger partial charge in [0.05, 0.1) is 12.8 Å². The fraction of sp³-hybridized carbons (Fsp3) is 0.312. The number of nitrogens with two attached hydrogens (primary N) is 1. The largest absolute Gasteiger partial charge is 0.496 e. The number of hydrogen-bond acceptors (Lipinski definition) is 3. The van der Waals surface area contributed by atoms with E-state index in [0.717, 1.165) is 29.0 Å². The molecule has 1 fully saturated rings. The van der Waals surface area contributed by atoms with Gasteiger partial charge >= 0.3 is 0 Å². The lowest BCUT2D eigenvalue weighted by molar-refractivity contribution is 0.412. The molecule has 106 valence electrons.